The Morgan fingerprint density at radius 1 is 1.10 bits per heavy atom. The summed E-state index contributed by atoms with van der Waals surface area (Å²) in [5.74, 6) is -0.947. The molecule has 0 radical (unpaired) electrons. The molecule has 256 valence electrons. The van der Waals surface area contributed by atoms with Crippen LogP contribution in [0, 0.1) is 5.82 Å². The van der Waals surface area contributed by atoms with E-state index >= 15 is 4.39 Å². The Labute approximate surface area is 281 Å². The lowest BCUT2D eigenvalue weighted by molar-refractivity contribution is -0.122. The van der Waals surface area contributed by atoms with Crippen molar-refractivity contribution in [3.63, 3.8) is 0 Å². The van der Waals surface area contributed by atoms with Crippen molar-refractivity contribution >= 4 is 46.2 Å². The number of fused-ring (bicyclic) bond motifs is 2. The van der Waals surface area contributed by atoms with E-state index in [9.17, 15) is 14.7 Å². The molecular weight excluding hydrogens is 633 g/mol. The molecule has 2 aromatic carbocycles. The van der Waals surface area contributed by atoms with Gasteiger partial charge in [-0.2, -0.15) is 4.68 Å². The fourth-order valence-electron chi connectivity index (χ4n) is 5.80. The first-order valence-electron chi connectivity index (χ1n) is 15.9. The normalized spacial score (nSPS) is 14.6. The summed E-state index contributed by atoms with van der Waals surface area (Å²) in [6.07, 6.45) is 5.19. The number of aliphatic hydroxyl groups is 1. The highest BCUT2D eigenvalue weighted by molar-refractivity contribution is 6.10. The van der Waals surface area contributed by atoms with Gasteiger partial charge in [-0.05, 0) is 93.8 Å². The van der Waals surface area contributed by atoms with Crippen LogP contribution in [0.25, 0.3) is 27.6 Å². The number of benzene rings is 2. The van der Waals surface area contributed by atoms with Crippen LogP contribution in [-0.2, 0) is 16.0 Å². The Bertz CT molecular complexity index is 1960. The van der Waals surface area contributed by atoms with Crippen LogP contribution >= 0.6 is 0 Å². The van der Waals surface area contributed by atoms with Crippen molar-refractivity contribution in [3.8, 4) is 5.69 Å². The highest BCUT2D eigenvalue weighted by Gasteiger charge is 2.36. The zero-order chi connectivity index (χ0) is 35.1. The summed E-state index contributed by atoms with van der Waals surface area (Å²) in [5, 5.41) is 26.1. The third-order valence-corrected chi connectivity index (χ3v) is 7.93. The number of aryl methyl sites for hydroxylation is 1. The molecule has 4 heterocycles. The molecule has 1 atom stereocenters. The van der Waals surface area contributed by atoms with E-state index in [0.29, 0.717) is 54.9 Å². The van der Waals surface area contributed by atoms with Crippen LogP contribution in [0.4, 0.5) is 15.0 Å². The van der Waals surface area contributed by atoms with Gasteiger partial charge in [0.1, 0.15) is 22.8 Å². The van der Waals surface area contributed by atoms with E-state index in [1.165, 1.54) is 21.7 Å². The molecule has 0 spiro atoms. The summed E-state index contributed by atoms with van der Waals surface area (Å²) in [4.78, 5) is 48.1. The molecule has 6 rings (SSSR count). The number of aliphatic hydroxyl groups excluding tert-OH is 1. The maximum atomic E-state index is 16.0. The standard InChI is InChI=1S/C34H36FN7O4.CH2O2/c1-34(2,3)46-33(45)40-17-5-8-25(21-40)41(30-27-19-22(7-6-18-43)10-11-23(27)14-16-37-30)32(44)26-13-12-24(20-28(26)35)42-31-29(38-39-42)9-4-15-36-31;2-1-3/h4,9-16,19-20,25,43H,5-8,17-18,21H2,1-3H3;1H,(H,2,3)/t25-;/m1./s1. The van der Waals surface area contributed by atoms with Crippen molar-refractivity contribution in [1.29, 1.82) is 0 Å². The average molecular weight is 672 g/mol. The van der Waals surface area contributed by atoms with E-state index in [0.717, 1.165) is 16.3 Å². The molecule has 0 aliphatic carbocycles. The number of halogens is 1. The number of piperidine rings is 1. The van der Waals surface area contributed by atoms with Crippen molar-refractivity contribution in [3.05, 3.63) is 83.9 Å². The quantitative estimate of drug-likeness (QED) is 0.221. The SMILES string of the molecule is CC(C)(C)OC(=O)N1CCC[C@@H](N(C(=O)c2ccc(-n3nnc4cccnc43)cc2F)c2nccc3ccc(CCCO)cc23)C1.O=CO. The Morgan fingerprint density at radius 2 is 1.90 bits per heavy atom. The number of likely N-dealkylation sites (tertiary alicyclic amines) is 1. The number of pyridine rings is 2. The number of carboxylic acid groups (broad SMARTS) is 1. The summed E-state index contributed by atoms with van der Waals surface area (Å²) in [5.41, 5.74) is 1.53. The lowest BCUT2D eigenvalue weighted by Crippen LogP contribution is -2.53. The van der Waals surface area contributed by atoms with Gasteiger partial charge in [0, 0.05) is 43.5 Å². The Morgan fingerprint density at radius 3 is 2.63 bits per heavy atom. The number of nitrogens with zero attached hydrogens (tertiary/aromatic N) is 7. The van der Waals surface area contributed by atoms with Crippen molar-refractivity contribution in [2.75, 3.05) is 24.6 Å². The minimum Gasteiger partial charge on any atom is -0.483 e. The van der Waals surface area contributed by atoms with Gasteiger partial charge in [0.05, 0.1) is 17.3 Å². The van der Waals surface area contributed by atoms with Crippen LogP contribution in [0.1, 0.15) is 56.0 Å². The molecule has 5 aromatic rings. The molecule has 1 fully saturated rings. The zero-order valence-corrected chi connectivity index (χ0v) is 27.5. The third kappa shape index (κ3) is 7.97. The second-order valence-corrected chi connectivity index (χ2v) is 12.5. The predicted molar refractivity (Wildman–Crippen MR) is 180 cm³/mol. The number of ether oxygens (including phenoxy) is 1. The third-order valence-electron chi connectivity index (χ3n) is 7.93. The summed E-state index contributed by atoms with van der Waals surface area (Å²) in [6, 6.07) is 15.0. The second kappa shape index (κ2) is 15.2. The molecular formula is C35H38FN7O6. The molecule has 1 aliphatic rings. The number of carbonyl (C=O) groups excluding carboxylic acids is 2. The van der Waals surface area contributed by atoms with Gasteiger partial charge >= 0.3 is 6.09 Å². The number of anilines is 1. The van der Waals surface area contributed by atoms with Gasteiger partial charge in [-0.15, -0.1) is 5.10 Å². The van der Waals surface area contributed by atoms with Crippen LogP contribution in [0.15, 0.2) is 67.0 Å². The fourth-order valence-corrected chi connectivity index (χ4v) is 5.80. The van der Waals surface area contributed by atoms with E-state index < -0.39 is 29.5 Å². The number of hydrogen-bond acceptors (Lipinski definition) is 9. The first-order chi connectivity index (χ1) is 23.5. The van der Waals surface area contributed by atoms with Gasteiger partial charge in [-0.1, -0.05) is 17.3 Å². The number of carbonyl (C=O) groups is 3. The maximum absolute atomic E-state index is 16.0. The molecule has 2 N–H and O–H groups in total. The van der Waals surface area contributed by atoms with Crippen LogP contribution < -0.4 is 4.90 Å². The van der Waals surface area contributed by atoms with Crippen LogP contribution in [0.5, 0.6) is 0 Å². The molecule has 0 unspecified atom stereocenters. The first-order valence-corrected chi connectivity index (χ1v) is 15.9. The zero-order valence-electron chi connectivity index (χ0n) is 27.5. The van der Waals surface area contributed by atoms with E-state index in [1.54, 1.807) is 56.3 Å². The lowest BCUT2D eigenvalue weighted by Gasteiger charge is -2.39. The summed E-state index contributed by atoms with van der Waals surface area (Å²) < 4.78 is 23.1. The molecule has 0 bridgehead atoms. The van der Waals surface area contributed by atoms with E-state index in [4.69, 9.17) is 14.6 Å². The minimum atomic E-state index is -0.740. The van der Waals surface area contributed by atoms with Crippen LogP contribution in [0.3, 0.4) is 0 Å². The van der Waals surface area contributed by atoms with Gasteiger partial charge in [-0.3, -0.25) is 14.5 Å². The molecule has 3 aromatic heterocycles. The maximum Gasteiger partial charge on any atom is 0.410 e. The minimum absolute atomic E-state index is 0.0564. The summed E-state index contributed by atoms with van der Waals surface area (Å²) in [6.45, 7) is 5.90. The highest BCUT2D eigenvalue weighted by Crippen LogP contribution is 2.32. The topological polar surface area (TPSA) is 164 Å². The number of aromatic nitrogens is 5. The van der Waals surface area contributed by atoms with Gasteiger partial charge in [0.25, 0.3) is 12.4 Å². The Balaban J connectivity index is 0.00000151. The van der Waals surface area contributed by atoms with Crippen molar-refractivity contribution in [2.24, 2.45) is 0 Å². The van der Waals surface area contributed by atoms with E-state index in [2.05, 4.69) is 20.3 Å². The van der Waals surface area contributed by atoms with Crippen LogP contribution in [-0.4, -0.2) is 89.9 Å². The average Bonchev–Trinajstić information content (AvgIpc) is 3.51. The lowest BCUT2D eigenvalue weighted by atomic mass is 10.00. The number of hydrogen-bond donors (Lipinski definition) is 2. The molecule has 13 nitrogen and oxygen atoms in total. The smallest absolute Gasteiger partial charge is 0.410 e. The molecule has 49 heavy (non-hydrogen) atoms. The van der Waals surface area contributed by atoms with Crippen molar-refractivity contribution < 1.29 is 33.7 Å². The Hall–Kier alpha value is -5.50. The molecule has 1 saturated heterocycles. The van der Waals surface area contributed by atoms with Crippen LogP contribution in [0.2, 0.25) is 0 Å². The molecule has 1 aliphatic heterocycles. The largest absolute Gasteiger partial charge is 0.483 e. The molecule has 14 heteroatoms. The van der Waals surface area contributed by atoms with Gasteiger partial charge in [0.15, 0.2) is 5.65 Å². The van der Waals surface area contributed by atoms with Gasteiger partial charge in [-0.25, -0.2) is 19.2 Å². The summed E-state index contributed by atoms with van der Waals surface area (Å²) in [7, 11) is 0. The van der Waals surface area contributed by atoms with Crippen molar-refractivity contribution in [1.82, 2.24) is 29.9 Å². The van der Waals surface area contributed by atoms with E-state index in [-0.39, 0.29) is 25.2 Å². The monoisotopic (exact) mass is 671 g/mol. The second-order valence-electron chi connectivity index (χ2n) is 12.5. The fraction of sp³-hybridized carbons (Fsp3) is 0.343. The van der Waals surface area contributed by atoms with E-state index in [1.807, 2.05) is 24.3 Å². The highest BCUT2D eigenvalue weighted by atomic mass is 19.1. The number of rotatable bonds is 7. The van der Waals surface area contributed by atoms with Crippen molar-refractivity contribution in [2.45, 2.75) is 58.1 Å². The predicted octanol–water partition coefficient (Wildman–Crippen LogP) is 5.17. The molecule has 2 amide bonds. The van der Waals surface area contributed by atoms with Gasteiger partial charge < -0.3 is 19.8 Å². The first kappa shape index (κ1) is 34.8. The van der Waals surface area contributed by atoms with Gasteiger partial charge in [0.2, 0.25) is 0 Å². The number of amides is 2. The molecule has 0 saturated carbocycles. The summed E-state index contributed by atoms with van der Waals surface area (Å²) >= 11 is 0. The Kier molecular flexibility index (Phi) is 10.8.